The predicted molar refractivity (Wildman–Crippen MR) is 74.8 cm³/mol. The third-order valence-electron chi connectivity index (χ3n) is 3.19. The number of rotatable bonds is 5. The third-order valence-corrected chi connectivity index (χ3v) is 3.19. The van der Waals surface area contributed by atoms with Gasteiger partial charge in [-0.25, -0.2) is 9.67 Å². The Hall–Kier alpha value is -1.75. The van der Waals surface area contributed by atoms with Crippen LogP contribution in [0.25, 0.3) is 0 Å². The molecular weight excluding hydrogens is 238 g/mol. The Balaban J connectivity index is 2.48. The average molecular weight is 259 g/mol. The molecule has 2 N–H and O–H groups in total. The van der Waals surface area contributed by atoms with Crippen molar-refractivity contribution >= 4 is 0 Å². The highest BCUT2D eigenvalue weighted by Gasteiger charge is 2.22. The molecule has 102 valence electrons. The van der Waals surface area contributed by atoms with Crippen molar-refractivity contribution in [2.75, 3.05) is 0 Å². The molecule has 0 spiro atoms. The number of pyridine rings is 1. The van der Waals surface area contributed by atoms with Crippen LogP contribution < -0.4 is 5.73 Å². The zero-order chi connectivity index (χ0) is 13.8. The molecule has 5 heteroatoms. The molecule has 2 aromatic rings. The van der Waals surface area contributed by atoms with E-state index in [4.69, 9.17) is 5.73 Å². The molecule has 2 atom stereocenters. The van der Waals surface area contributed by atoms with E-state index in [-0.39, 0.29) is 12.1 Å². The van der Waals surface area contributed by atoms with Crippen LogP contribution in [-0.2, 0) is 12.8 Å². The molecule has 2 heterocycles. The Labute approximate surface area is 113 Å². The summed E-state index contributed by atoms with van der Waals surface area (Å²) < 4.78 is 1.97. The third kappa shape index (κ3) is 2.81. The molecule has 0 aliphatic heterocycles. The maximum absolute atomic E-state index is 6.17. The Morgan fingerprint density at radius 2 is 1.89 bits per heavy atom. The number of nitrogens with two attached hydrogens (primary N) is 1. The van der Waals surface area contributed by atoms with E-state index < -0.39 is 0 Å². The van der Waals surface area contributed by atoms with Crippen molar-refractivity contribution in [3.8, 4) is 0 Å². The summed E-state index contributed by atoms with van der Waals surface area (Å²) >= 11 is 0. The van der Waals surface area contributed by atoms with E-state index in [0.717, 1.165) is 30.1 Å². The van der Waals surface area contributed by atoms with Crippen LogP contribution in [0.2, 0.25) is 0 Å². The van der Waals surface area contributed by atoms with Gasteiger partial charge in [-0.15, -0.1) is 0 Å². The molecule has 0 aliphatic carbocycles. The topological polar surface area (TPSA) is 69.6 Å². The predicted octanol–water partition coefficient (Wildman–Crippen LogP) is 1.73. The number of aryl methyl sites for hydroxylation is 2. The SMILES string of the molecule is CCc1nc(CC)n(C(c2ccncc2)C(C)N)n1. The summed E-state index contributed by atoms with van der Waals surface area (Å²) in [6.07, 6.45) is 5.26. The second kappa shape index (κ2) is 5.93. The van der Waals surface area contributed by atoms with Gasteiger partial charge in [0.25, 0.3) is 0 Å². The first-order valence-electron chi connectivity index (χ1n) is 6.77. The zero-order valence-electron chi connectivity index (χ0n) is 11.7. The summed E-state index contributed by atoms with van der Waals surface area (Å²) in [6, 6.07) is 3.94. The van der Waals surface area contributed by atoms with E-state index in [0.29, 0.717) is 0 Å². The van der Waals surface area contributed by atoms with E-state index >= 15 is 0 Å². The molecule has 2 aromatic heterocycles. The van der Waals surface area contributed by atoms with Gasteiger partial charge in [-0.1, -0.05) is 13.8 Å². The van der Waals surface area contributed by atoms with Crippen LogP contribution in [0.15, 0.2) is 24.5 Å². The second-order valence-corrected chi connectivity index (χ2v) is 4.68. The van der Waals surface area contributed by atoms with Gasteiger partial charge in [-0.05, 0) is 24.6 Å². The van der Waals surface area contributed by atoms with Gasteiger partial charge in [0, 0.05) is 31.3 Å². The van der Waals surface area contributed by atoms with Crippen molar-refractivity contribution in [3.63, 3.8) is 0 Å². The molecule has 0 aliphatic rings. The lowest BCUT2D eigenvalue weighted by Gasteiger charge is -2.22. The van der Waals surface area contributed by atoms with Crippen LogP contribution in [0, 0.1) is 0 Å². The monoisotopic (exact) mass is 259 g/mol. The fraction of sp³-hybridized carbons (Fsp3) is 0.500. The van der Waals surface area contributed by atoms with Crippen molar-refractivity contribution in [1.29, 1.82) is 0 Å². The van der Waals surface area contributed by atoms with E-state index in [1.54, 1.807) is 12.4 Å². The minimum atomic E-state index is -0.0425. The fourth-order valence-electron chi connectivity index (χ4n) is 2.25. The van der Waals surface area contributed by atoms with Crippen molar-refractivity contribution in [3.05, 3.63) is 41.7 Å². The smallest absolute Gasteiger partial charge is 0.150 e. The molecule has 0 saturated heterocycles. The van der Waals surface area contributed by atoms with E-state index in [2.05, 4.69) is 28.9 Å². The molecule has 0 aromatic carbocycles. The van der Waals surface area contributed by atoms with Crippen molar-refractivity contribution < 1.29 is 0 Å². The second-order valence-electron chi connectivity index (χ2n) is 4.68. The molecule has 0 bridgehead atoms. The standard InChI is InChI=1S/C14H21N5/c1-4-12-17-13(5-2)19(18-12)14(10(3)15)11-6-8-16-9-7-11/h6-10,14H,4-5,15H2,1-3H3. The van der Waals surface area contributed by atoms with Crippen molar-refractivity contribution in [2.45, 2.75) is 45.7 Å². The van der Waals surface area contributed by atoms with Crippen LogP contribution in [0.1, 0.15) is 44.0 Å². The highest BCUT2D eigenvalue weighted by atomic mass is 15.4. The Bertz CT molecular complexity index is 518. The highest BCUT2D eigenvalue weighted by Crippen LogP contribution is 2.21. The summed E-state index contributed by atoms with van der Waals surface area (Å²) in [6.45, 7) is 6.15. The first-order valence-corrected chi connectivity index (χ1v) is 6.77. The van der Waals surface area contributed by atoms with Gasteiger partial charge in [0.05, 0.1) is 6.04 Å². The van der Waals surface area contributed by atoms with Gasteiger partial charge < -0.3 is 5.73 Å². The lowest BCUT2D eigenvalue weighted by Crippen LogP contribution is -2.32. The molecule has 5 nitrogen and oxygen atoms in total. The Morgan fingerprint density at radius 1 is 1.21 bits per heavy atom. The Morgan fingerprint density at radius 3 is 2.42 bits per heavy atom. The maximum Gasteiger partial charge on any atom is 0.150 e. The van der Waals surface area contributed by atoms with Gasteiger partial charge in [0.1, 0.15) is 5.82 Å². The molecule has 0 saturated carbocycles. The number of hydrogen-bond donors (Lipinski definition) is 1. The van der Waals surface area contributed by atoms with E-state index in [1.165, 1.54) is 0 Å². The molecule has 2 rings (SSSR count). The van der Waals surface area contributed by atoms with Crippen LogP contribution in [0.5, 0.6) is 0 Å². The molecule has 0 radical (unpaired) electrons. The summed E-state index contributed by atoms with van der Waals surface area (Å²) in [5, 5.41) is 4.60. The fourth-order valence-corrected chi connectivity index (χ4v) is 2.25. The van der Waals surface area contributed by atoms with Crippen LogP contribution in [0.4, 0.5) is 0 Å². The van der Waals surface area contributed by atoms with E-state index in [1.807, 2.05) is 23.7 Å². The minimum absolute atomic E-state index is 0.00532. The minimum Gasteiger partial charge on any atom is -0.326 e. The summed E-state index contributed by atoms with van der Waals surface area (Å²) in [5.41, 5.74) is 7.28. The van der Waals surface area contributed by atoms with Crippen LogP contribution in [-0.4, -0.2) is 25.8 Å². The van der Waals surface area contributed by atoms with Crippen molar-refractivity contribution in [2.24, 2.45) is 5.73 Å². The van der Waals surface area contributed by atoms with Crippen molar-refractivity contribution in [1.82, 2.24) is 19.7 Å². The molecule has 2 unspecified atom stereocenters. The van der Waals surface area contributed by atoms with Crippen LogP contribution in [0.3, 0.4) is 0 Å². The lowest BCUT2D eigenvalue weighted by atomic mass is 10.0. The summed E-state index contributed by atoms with van der Waals surface area (Å²) in [5.74, 6) is 1.85. The number of aromatic nitrogens is 4. The zero-order valence-corrected chi connectivity index (χ0v) is 11.7. The first kappa shape index (κ1) is 13.7. The molecule has 0 fully saturated rings. The van der Waals surface area contributed by atoms with Gasteiger partial charge >= 0.3 is 0 Å². The Kier molecular flexibility index (Phi) is 4.27. The van der Waals surface area contributed by atoms with Gasteiger partial charge in [0.2, 0.25) is 0 Å². The lowest BCUT2D eigenvalue weighted by molar-refractivity contribution is 0.436. The normalized spacial score (nSPS) is 14.3. The molecular formula is C14H21N5. The van der Waals surface area contributed by atoms with Gasteiger partial charge in [-0.2, -0.15) is 5.10 Å². The summed E-state index contributed by atoms with van der Waals surface area (Å²) in [4.78, 5) is 8.62. The molecule has 19 heavy (non-hydrogen) atoms. The average Bonchev–Trinajstić information content (AvgIpc) is 2.83. The first-order chi connectivity index (χ1) is 9.17. The summed E-state index contributed by atoms with van der Waals surface area (Å²) in [7, 11) is 0. The number of nitrogens with zero attached hydrogens (tertiary/aromatic N) is 4. The van der Waals surface area contributed by atoms with E-state index in [9.17, 15) is 0 Å². The number of hydrogen-bond acceptors (Lipinski definition) is 4. The van der Waals surface area contributed by atoms with Gasteiger partial charge in [-0.3, -0.25) is 4.98 Å². The quantitative estimate of drug-likeness (QED) is 0.888. The largest absolute Gasteiger partial charge is 0.326 e. The highest BCUT2D eigenvalue weighted by molar-refractivity contribution is 5.19. The van der Waals surface area contributed by atoms with Gasteiger partial charge in [0.15, 0.2) is 5.82 Å². The van der Waals surface area contributed by atoms with Crippen LogP contribution >= 0.6 is 0 Å². The maximum atomic E-state index is 6.17. The molecule has 0 amide bonds.